The van der Waals surface area contributed by atoms with Gasteiger partial charge in [-0.25, -0.2) is 14.4 Å². The molecular weight excluding hydrogens is 426 g/mol. The van der Waals surface area contributed by atoms with E-state index < -0.39 is 18.6 Å². The second-order valence-corrected chi connectivity index (χ2v) is 6.78. The number of ether oxygens (including phenoxy) is 1. The highest BCUT2D eigenvalue weighted by atomic mass is 19.4. The first-order valence-electron chi connectivity index (χ1n) is 9.48. The Kier molecular flexibility index (Phi) is 5.76. The number of fused-ring (bicyclic) bond motifs is 1. The fourth-order valence-electron chi connectivity index (χ4n) is 3.12. The lowest BCUT2D eigenvalue weighted by atomic mass is 10.1. The van der Waals surface area contributed by atoms with E-state index in [4.69, 9.17) is 4.74 Å². The summed E-state index contributed by atoms with van der Waals surface area (Å²) in [5, 5.41) is 6.52. The van der Waals surface area contributed by atoms with Crippen LogP contribution in [0.3, 0.4) is 0 Å². The summed E-state index contributed by atoms with van der Waals surface area (Å²) in [6.07, 6.45) is -1.64. The van der Waals surface area contributed by atoms with Gasteiger partial charge < -0.3 is 15.4 Å². The zero-order valence-electron chi connectivity index (χ0n) is 16.7. The minimum atomic E-state index is -4.46. The monoisotopic (exact) mass is 443 g/mol. The molecule has 0 radical (unpaired) electrons. The van der Waals surface area contributed by atoms with Gasteiger partial charge in [0.1, 0.15) is 23.7 Å². The Morgan fingerprint density at radius 1 is 1.00 bits per heavy atom. The SMILES string of the molecule is CNc1cc2c(Nc3ccnc(-c4ccccc4F)c3)ncnc2cc1OCC(F)(F)F. The highest BCUT2D eigenvalue weighted by Crippen LogP contribution is 2.34. The maximum absolute atomic E-state index is 14.1. The van der Waals surface area contributed by atoms with Crippen molar-refractivity contribution in [2.24, 2.45) is 0 Å². The predicted molar refractivity (Wildman–Crippen MR) is 114 cm³/mol. The fourth-order valence-corrected chi connectivity index (χ4v) is 3.12. The van der Waals surface area contributed by atoms with E-state index in [-0.39, 0.29) is 5.75 Å². The minimum absolute atomic E-state index is 0.0210. The van der Waals surface area contributed by atoms with Gasteiger partial charge in [-0.15, -0.1) is 0 Å². The van der Waals surface area contributed by atoms with Gasteiger partial charge in [0.05, 0.1) is 16.9 Å². The number of hydrogen-bond acceptors (Lipinski definition) is 6. The van der Waals surface area contributed by atoms with Crippen LogP contribution in [0.1, 0.15) is 0 Å². The largest absolute Gasteiger partial charge is 0.482 e. The molecule has 32 heavy (non-hydrogen) atoms. The Morgan fingerprint density at radius 2 is 1.81 bits per heavy atom. The Labute approximate surface area is 180 Å². The van der Waals surface area contributed by atoms with E-state index in [2.05, 4.69) is 25.6 Å². The molecule has 0 fully saturated rings. The Bertz CT molecular complexity index is 1260. The van der Waals surface area contributed by atoms with Crippen LogP contribution in [0.15, 0.2) is 61.1 Å². The molecule has 0 atom stereocenters. The van der Waals surface area contributed by atoms with Crippen LogP contribution in [-0.4, -0.2) is 34.8 Å². The van der Waals surface area contributed by atoms with Crippen molar-refractivity contribution in [2.45, 2.75) is 6.18 Å². The standard InChI is InChI=1S/C22H17F4N5O/c1-27-19-9-15-18(10-20(19)32-11-22(24,25)26)29-12-30-21(15)31-13-6-7-28-17(8-13)14-4-2-3-5-16(14)23/h2-10,12,27H,11H2,1H3,(H,28,29,30,31). The molecule has 0 aliphatic heterocycles. The van der Waals surface area contributed by atoms with Crippen molar-refractivity contribution in [3.63, 3.8) is 0 Å². The number of aromatic nitrogens is 3. The van der Waals surface area contributed by atoms with Gasteiger partial charge in [0.15, 0.2) is 6.61 Å². The van der Waals surface area contributed by atoms with Crippen LogP contribution >= 0.6 is 0 Å². The average Bonchev–Trinajstić information content (AvgIpc) is 2.77. The third kappa shape index (κ3) is 4.69. The molecule has 4 rings (SSSR count). The van der Waals surface area contributed by atoms with Gasteiger partial charge in [-0.2, -0.15) is 13.2 Å². The number of nitrogens with one attached hydrogen (secondary N) is 2. The summed E-state index contributed by atoms with van der Waals surface area (Å²) in [4.78, 5) is 12.6. The zero-order chi connectivity index (χ0) is 22.7. The first-order valence-corrected chi connectivity index (χ1v) is 9.48. The second kappa shape index (κ2) is 8.66. The normalized spacial score (nSPS) is 11.4. The van der Waals surface area contributed by atoms with Gasteiger partial charge in [-0.3, -0.25) is 4.98 Å². The third-order valence-corrected chi connectivity index (χ3v) is 4.57. The molecular formula is C22H17F4N5O. The van der Waals surface area contributed by atoms with E-state index in [1.165, 1.54) is 24.7 Å². The van der Waals surface area contributed by atoms with E-state index in [1.807, 2.05) is 0 Å². The van der Waals surface area contributed by atoms with E-state index in [9.17, 15) is 17.6 Å². The van der Waals surface area contributed by atoms with Gasteiger partial charge in [0.2, 0.25) is 0 Å². The maximum Gasteiger partial charge on any atom is 0.422 e. The Balaban J connectivity index is 1.68. The number of alkyl halides is 3. The van der Waals surface area contributed by atoms with Crippen LogP contribution in [0, 0.1) is 5.82 Å². The van der Waals surface area contributed by atoms with Gasteiger partial charge >= 0.3 is 6.18 Å². The second-order valence-electron chi connectivity index (χ2n) is 6.78. The van der Waals surface area contributed by atoms with Crippen LogP contribution in [0.2, 0.25) is 0 Å². The quantitative estimate of drug-likeness (QED) is 0.381. The number of nitrogens with zero attached hydrogens (tertiary/aromatic N) is 3. The van der Waals surface area contributed by atoms with Crippen molar-refractivity contribution in [1.29, 1.82) is 0 Å². The molecule has 0 saturated heterocycles. The Hall–Kier alpha value is -3.95. The lowest BCUT2D eigenvalue weighted by molar-refractivity contribution is -0.153. The van der Waals surface area contributed by atoms with E-state index in [0.717, 1.165) is 0 Å². The molecule has 2 aromatic heterocycles. The fraction of sp³-hybridized carbons (Fsp3) is 0.136. The van der Waals surface area contributed by atoms with Crippen molar-refractivity contribution in [3.05, 3.63) is 66.9 Å². The molecule has 6 nitrogen and oxygen atoms in total. The van der Waals surface area contributed by atoms with Crippen LogP contribution in [0.25, 0.3) is 22.2 Å². The summed E-state index contributed by atoms with van der Waals surface area (Å²) in [7, 11) is 1.57. The van der Waals surface area contributed by atoms with Crippen LogP contribution in [-0.2, 0) is 0 Å². The summed E-state index contributed by atoms with van der Waals surface area (Å²) in [5.41, 5.74) is 2.13. The lowest BCUT2D eigenvalue weighted by Gasteiger charge is -2.15. The highest BCUT2D eigenvalue weighted by Gasteiger charge is 2.29. The molecule has 0 aliphatic carbocycles. The van der Waals surface area contributed by atoms with E-state index in [1.54, 1.807) is 43.4 Å². The molecule has 0 spiro atoms. The first-order chi connectivity index (χ1) is 15.3. The number of pyridine rings is 1. The number of rotatable bonds is 6. The highest BCUT2D eigenvalue weighted by molar-refractivity contribution is 5.95. The van der Waals surface area contributed by atoms with E-state index in [0.29, 0.717) is 39.4 Å². The Morgan fingerprint density at radius 3 is 2.56 bits per heavy atom. The van der Waals surface area contributed by atoms with Crippen LogP contribution in [0.5, 0.6) is 5.75 Å². The van der Waals surface area contributed by atoms with Crippen LogP contribution in [0.4, 0.5) is 34.8 Å². The van der Waals surface area contributed by atoms with E-state index >= 15 is 0 Å². The molecule has 164 valence electrons. The minimum Gasteiger partial charge on any atom is -0.482 e. The predicted octanol–water partition coefficient (Wildman–Crippen LogP) is 5.56. The van der Waals surface area contributed by atoms with Crippen molar-refractivity contribution in [3.8, 4) is 17.0 Å². The van der Waals surface area contributed by atoms with Crippen molar-refractivity contribution in [1.82, 2.24) is 15.0 Å². The molecule has 2 aromatic carbocycles. The zero-order valence-corrected chi connectivity index (χ0v) is 16.7. The number of hydrogen-bond donors (Lipinski definition) is 2. The maximum atomic E-state index is 14.1. The molecule has 2 N–H and O–H groups in total. The van der Waals surface area contributed by atoms with Gasteiger partial charge in [-0.1, -0.05) is 12.1 Å². The van der Waals surface area contributed by atoms with Crippen molar-refractivity contribution >= 4 is 28.1 Å². The molecule has 0 bridgehead atoms. The molecule has 0 unspecified atom stereocenters. The van der Waals surface area contributed by atoms with Crippen molar-refractivity contribution < 1.29 is 22.3 Å². The summed E-state index contributed by atoms with van der Waals surface area (Å²) < 4.78 is 56.8. The third-order valence-electron chi connectivity index (χ3n) is 4.57. The van der Waals surface area contributed by atoms with Gasteiger partial charge in [0, 0.05) is 35.9 Å². The summed E-state index contributed by atoms with van der Waals surface area (Å²) in [6, 6.07) is 12.7. The summed E-state index contributed by atoms with van der Waals surface area (Å²) >= 11 is 0. The van der Waals surface area contributed by atoms with Gasteiger partial charge in [0.25, 0.3) is 0 Å². The van der Waals surface area contributed by atoms with Gasteiger partial charge in [-0.05, 0) is 30.3 Å². The average molecular weight is 443 g/mol. The molecule has 2 heterocycles. The number of halogens is 4. The number of anilines is 3. The molecule has 0 saturated carbocycles. The summed E-state index contributed by atoms with van der Waals surface area (Å²) in [5.74, 6) is 0.0435. The summed E-state index contributed by atoms with van der Waals surface area (Å²) in [6.45, 7) is -1.42. The topological polar surface area (TPSA) is 72.0 Å². The smallest absolute Gasteiger partial charge is 0.422 e. The lowest BCUT2D eigenvalue weighted by Crippen LogP contribution is -2.19. The molecule has 0 aliphatic rings. The number of benzene rings is 2. The first kappa shape index (κ1) is 21.3. The molecule has 10 heteroatoms. The molecule has 4 aromatic rings. The molecule has 0 amide bonds. The van der Waals surface area contributed by atoms with Crippen LogP contribution < -0.4 is 15.4 Å². The van der Waals surface area contributed by atoms with Crippen molar-refractivity contribution in [2.75, 3.05) is 24.3 Å².